The number of nitrogens with two attached hydrogens (primary N) is 1. The molecule has 1 aromatic heterocycles. The molecule has 2 rings (SSSR count). The fourth-order valence-corrected chi connectivity index (χ4v) is 3.13. The summed E-state index contributed by atoms with van der Waals surface area (Å²) >= 11 is 1.63. The number of amides is 3. The summed E-state index contributed by atoms with van der Waals surface area (Å²) in [6, 6.07) is 2.15. The minimum absolute atomic E-state index is 0.0467. The van der Waals surface area contributed by atoms with Gasteiger partial charge in [0, 0.05) is 32.7 Å². The van der Waals surface area contributed by atoms with Crippen molar-refractivity contribution in [2.45, 2.75) is 25.4 Å². The van der Waals surface area contributed by atoms with Crippen molar-refractivity contribution in [3.05, 3.63) is 22.4 Å². The minimum Gasteiger partial charge on any atom is -0.369 e. The molecule has 0 atom stereocenters. The summed E-state index contributed by atoms with van der Waals surface area (Å²) in [5.74, 6) is -0.298. The number of likely N-dealkylation sites (tertiary alicyclic amines) is 1. The number of thiophene rings is 1. The van der Waals surface area contributed by atoms with Gasteiger partial charge in [-0.05, 0) is 35.2 Å². The summed E-state index contributed by atoms with van der Waals surface area (Å²) in [6.07, 6.45) is 1.70. The average Bonchev–Trinajstić information content (AvgIpc) is 2.93. The number of primary amides is 1. The Kier molecular flexibility index (Phi) is 5.58. The van der Waals surface area contributed by atoms with Gasteiger partial charge in [0.05, 0.1) is 6.54 Å². The van der Waals surface area contributed by atoms with E-state index in [1.54, 1.807) is 23.3 Å². The number of hydrogen-bond acceptors (Lipinski definition) is 4. The van der Waals surface area contributed by atoms with E-state index in [9.17, 15) is 9.59 Å². The van der Waals surface area contributed by atoms with Crippen molar-refractivity contribution in [2.24, 2.45) is 5.73 Å². The van der Waals surface area contributed by atoms with Crippen molar-refractivity contribution in [1.29, 1.82) is 0 Å². The van der Waals surface area contributed by atoms with E-state index in [1.807, 2.05) is 21.7 Å². The molecule has 0 bridgehead atoms. The molecule has 7 heteroatoms. The van der Waals surface area contributed by atoms with Gasteiger partial charge in [0.15, 0.2) is 0 Å². The molecule has 2 heterocycles. The molecule has 3 N–H and O–H groups in total. The molecule has 0 unspecified atom stereocenters. The normalized spacial score (nSPS) is 16.6. The molecule has 0 saturated carbocycles. The molecule has 1 aliphatic rings. The maximum Gasteiger partial charge on any atom is 0.317 e. The largest absolute Gasteiger partial charge is 0.369 e. The molecule has 0 radical (unpaired) electrons. The zero-order chi connectivity index (χ0) is 15.2. The second-order valence-corrected chi connectivity index (χ2v) is 6.23. The molecule has 1 aromatic rings. The van der Waals surface area contributed by atoms with Gasteiger partial charge in [-0.1, -0.05) is 0 Å². The smallest absolute Gasteiger partial charge is 0.317 e. The predicted octanol–water partition coefficient (Wildman–Crippen LogP) is 0.839. The molecule has 21 heavy (non-hydrogen) atoms. The molecule has 1 aliphatic heterocycles. The first-order valence-electron chi connectivity index (χ1n) is 7.08. The van der Waals surface area contributed by atoms with E-state index in [4.69, 9.17) is 5.73 Å². The van der Waals surface area contributed by atoms with Crippen molar-refractivity contribution in [3.63, 3.8) is 0 Å². The van der Waals surface area contributed by atoms with Crippen LogP contribution in [-0.4, -0.2) is 54.5 Å². The Morgan fingerprint density at radius 2 is 2.19 bits per heavy atom. The van der Waals surface area contributed by atoms with Crippen LogP contribution in [0.4, 0.5) is 4.79 Å². The van der Waals surface area contributed by atoms with Crippen LogP contribution < -0.4 is 11.1 Å². The Morgan fingerprint density at radius 3 is 2.76 bits per heavy atom. The molecule has 6 nitrogen and oxygen atoms in total. The third kappa shape index (κ3) is 5.02. The first-order valence-corrected chi connectivity index (χ1v) is 8.02. The van der Waals surface area contributed by atoms with Crippen LogP contribution in [0.15, 0.2) is 16.8 Å². The second kappa shape index (κ2) is 7.42. The SMILES string of the molecule is CN(Cc1ccsc1)C(=O)NC1CCN(CC(N)=O)CC1. The van der Waals surface area contributed by atoms with Gasteiger partial charge in [-0.15, -0.1) is 0 Å². The number of rotatable bonds is 5. The lowest BCUT2D eigenvalue weighted by molar-refractivity contribution is -0.119. The highest BCUT2D eigenvalue weighted by Crippen LogP contribution is 2.12. The van der Waals surface area contributed by atoms with Gasteiger partial charge in [-0.25, -0.2) is 4.79 Å². The number of nitrogens with one attached hydrogen (secondary N) is 1. The van der Waals surface area contributed by atoms with E-state index in [0.717, 1.165) is 31.5 Å². The van der Waals surface area contributed by atoms with Crippen molar-refractivity contribution in [3.8, 4) is 0 Å². The van der Waals surface area contributed by atoms with E-state index in [2.05, 4.69) is 5.32 Å². The third-order valence-corrected chi connectivity index (χ3v) is 4.37. The Balaban J connectivity index is 1.72. The van der Waals surface area contributed by atoms with E-state index in [1.165, 1.54) is 0 Å². The number of carbonyl (C=O) groups is 2. The Bertz CT molecular complexity index is 469. The van der Waals surface area contributed by atoms with Gasteiger partial charge in [0.1, 0.15) is 0 Å². The summed E-state index contributed by atoms with van der Waals surface area (Å²) in [5.41, 5.74) is 6.33. The number of carbonyl (C=O) groups excluding carboxylic acids is 2. The number of hydrogen-bond donors (Lipinski definition) is 2. The van der Waals surface area contributed by atoms with Gasteiger partial charge >= 0.3 is 6.03 Å². The monoisotopic (exact) mass is 310 g/mol. The predicted molar refractivity (Wildman–Crippen MR) is 83.0 cm³/mol. The maximum absolute atomic E-state index is 12.1. The molecule has 116 valence electrons. The lowest BCUT2D eigenvalue weighted by Crippen LogP contribution is -2.49. The van der Waals surface area contributed by atoms with Crippen molar-refractivity contribution < 1.29 is 9.59 Å². The Labute approximate surface area is 128 Å². The molecule has 3 amide bonds. The van der Waals surface area contributed by atoms with Crippen molar-refractivity contribution in [1.82, 2.24) is 15.1 Å². The highest BCUT2D eigenvalue weighted by Gasteiger charge is 2.22. The van der Waals surface area contributed by atoms with Gasteiger partial charge in [0.25, 0.3) is 0 Å². The maximum atomic E-state index is 12.1. The standard InChI is InChI=1S/C14H22N4O2S/c1-17(8-11-4-7-21-10-11)14(20)16-12-2-5-18(6-3-12)9-13(15)19/h4,7,10,12H,2-3,5-6,8-9H2,1H3,(H2,15,19)(H,16,20). The highest BCUT2D eigenvalue weighted by molar-refractivity contribution is 7.07. The Hall–Kier alpha value is -1.60. The molecule has 0 spiro atoms. The van der Waals surface area contributed by atoms with Crippen molar-refractivity contribution >= 4 is 23.3 Å². The zero-order valence-electron chi connectivity index (χ0n) is 12.2. The van der Waals surface area contributed by atoms with Gasteiger partial charge in [-0.3, -0.25) is 9.69 Å². The molecule has 0 aliphatic carbocycles. The topological polar surface area (TPSA) is 78.7 Å². The molecule has 1 saturated heterocycles. The summed E-state index contributed by atoms with van der Waals surface area (Å²) in [6.45, 7) is 2.51. The fourth-order valence-electron chi connectivity index (χ4n) is 2.47. The molecular formula is C14H22N4O2S. The van der Waals surface area contributed by atoms with Gasteiger partial charge in [0.2, 0.25) is 5.91 Å². The number of nitrogens with zero attached hydrogens (tertiary/aromatic N) is 2. The number of urea groups is 1. The summed E-state index contributed by atoms with van der Waals surface area (Å²) in [7, 11) is 1.80. The summed E-state index contributed by atoms with van der Waals surface area (Å²) in [4.78, 5) is 26.7. The van der Waals surface area contributed by atoms with E-state index in [-0.39, 0.29) is 18.0 Å². The van der Waals surface area contributed by atoms with E-state index < -0.39 is 0 Å². The lowest BCUT2D eigenvalue weighted by atomic mass is 10.1. The first kappa shape index (κ1) is 15.8. The lowest BCUT2D eigenvalue weighted by Gasteiger charge is -2.32. The quantitative estimate of drug-likeness (QED) is 0.846. The minimum atomic E-state index is -0.298. The van der Waals surface area contributed by atoms with Crippen molar-refractivity contribution in [2.75, 3.05) is 26.7 Å². The van der Waals surface area contributed by atoms with Crippen LogP contribution in [-0.2, 0) is 11.3 Å². The summed E-state index contributed by atoms with van der Waals surface area (Å²) in [5, 5.41) is 7.11. The molecule has 0 aromatic carbocycles. The Morgan fingerprint density at radius 1 is 1.48 bits per heavy atom. The van der Waals surface area contributed by atoms with E-state index >= 15 is 0 Å². The summed E-state index contributed by atoms with van der Waals surface area (Å²) < 4.78 is 0. The second-order valence-electron chi connectivity index (χ2n) is 5.45. The van der Waals surface area contributed by atoms with Crippen LogP contribution in [0.3, 0.4) is 0 Å². The molecular weight excluding hydrogens is 288 g/mol. The third-order valence-electron chi connectivity index (χ3n) is 3.64. The van der Waals surface area contributed by atoms with Crippen LogP contribution in [0, 0.1) is 0 Å². The first-order chi connectivity index (χ1) is 10.0. The zero-order valence-corrected chi connectivity index (χ0v) is 13.1. The van der Waals surface area contributed by atoms with Gasteiger partial charge < -0.3 is 16.0 Å². The van der Waals surface area contributed by atoms with Crippen LogP contribution in [0.5, 0.6) is 0 Å². The number of piperidine rings is 1. The fraction of sp³-hybridized carbons (Fsp3) is 0.571. The van der Waals surface area contributed by atoms with Crippen LogP contribution in [0.1, 0.15) is 18.4 Å². The van der Waals surface area contributed by atoms with Crippen LogP contribution >= 0.6 is 11.3 Å². The van der Waals surface area contributed by atoms with Crippen LogP contribution in [0.25, 0.3) is 0 Å². The average molecular weight is 310 g/mol. The van der Waals surface area contributed by atoms with Crippen LogP contribution in [0.2, 0.25) is 0 Å². The highest BCUT2D eigenvalue weighted by atomic mass is 32.1. The van der Waals surface area contributed by atoms with Gasteiger partial charge in [-0.2, -0.15) is 11.3 Å². The molecule has 1 fully saturated rings. The van der Waals surface area contributed by atoms with E-state index in [0.29, 0.717) is 13.1 Å².